The topological polar surface area (TPSA) is 120 Å². The van der Waals surface area contributed by atoms with Crippen molar-refractivity contribution in [3.63, 3.8) is 0 Å². The van der Waals surface area contributed by atoms with Crippen LogP contribution in [0, 0.1) is 18.7 Å². The van der Waals surface area contributed by atoms with E-state index in [0.29, 0.717) is 59.2 Å². The Hall–Kier alpha value is -4.31. The van der Waals surface area contributed by atoms with Gasteiger partial charge < -0.3 is 10.2 Å². The first-order chi connectivity index (χ1) is 19.7. The lowest BCUT2D eigenvalue weighted by atomic mass is 9.92. The van der Waals surface area contributed by atoms with Gasteiger partial charge >= 0.3 is 0 Å². The van der Waals surface area contributed by atoms with Gasteiger partial charge in [0, 0.05) is 29.1 Å². The predicted molar refractivity (Wildman–Crippen MR) is 158 cm³/mol. The molecule has 0 atom stereocenters. The fraction of sp³-hybridized carbons (Fsp3) is 0.290. The molecule has 6 rings (SSSR count). The second kappa shape index (κ2) is 10.6. The lowest BCUT2D eigenvalue weighted by molar-refractivity contribution is 0.0999. The number of aliphatic imine (C=N–C) groups is 1. The Bertz CT molecular complexity index is 1860. The molecule has 1 aromatic carbocycles. The van der Waals surface area contributed by atoms with Crippen molar-refractivity contribution < 1.29 is 13.6 Å². The number of halogens is 1. The van der Waals surface area contributed by atoms with E-state index in [-0.39, 0.29) is 11.7 Å². The van der Waals surface area contributed by atoms with E-state index in [0.717, 1.165) is 43.9 Å². The highest BCUT2D eigenvalue weighted by atomic mass is 32.1. The molecule has 0 fully saturated rings. The molecule has 0 saturated carbocycles. The Morgan fingerprint density at radius 3 is 2.68 bits per heavy atom. The van der Waals surface area contributed by atoms with Crippen molar-refractivity contribution in [3.8, 4) is 21.9 Å². The number of aryl methyl sites for hydroxylation is 3. The van der Waals surface area contributed by atoms with Crippen LogP contribution >= 0.6 is 11.3 Å². The fourth-order valence-electron chi connectivity index (χ4n) is 5.44. The lowest BCUT2D eigenvalue weighted by Gasteiger charge is -2.18. The van der Waals surface area contributed by atoms with E-state index in [1.807, 2.05) is 25.1 Å². The maximum atomic E-state index is 14.0. The predicted octanol–water partition coefficient (Wildman–Crippen LogP) is 6.78. The summed E-state index contributed by atoms with van der Waals surface area (Å²) in [6.07, 6.45) is 4.41. The first kappa shape index (κ1) is 26.9. The molecule has 1 aliphatic carbocycles. The van der Waals surface area contributed by atoms with Gasteiger partial charge in [-0.2, -0.15) is 0 Å². The molecule has 2 N–H and O–H groups in total. The summed E-state index contributed by atoms with van der Waals surface area (Å²) in [6.45, 7) is 7.89. The number of hydrogen-bond acceptors (Lipinski definition) is 8. The molecule has 4 heterocycles. The standard InChI is InChI=1S/C31H29FN6O2S/c1-5-21-26(31-38-37-16(4)40-31)27(25(29(33)39)23(35-21)12-15(2)3)24-13-18-10-11-34-30(28(18)41-24)36-22-9-7-17-6-8-19(32)14-20(17)22/h6,8,10-11,13-15H,5,7,9,12H2,1-4H3,(H2,33,39). The number of benzene rings is 1. The maximum Gasteiger partial charge on any atom is 0.251 e. The molecule has 1 amide bonds. The van der Waals surface area contributed by atoms with Crippen LogP contribution in [0.3, 0.4) is 0 Å². The summed E-state index contributed by atoms with van der Waals surface area (Å²) in [6, 6.07) is 8.77. The average molecular weight is 569 g/mol. The van der Waals surface area contributed by atoms with Crippen molar-refractivity contribution in [2.75, 3.05) is 0 Å². The molecule has 1 aliphatic rings. The molecule has 0 aliphatic heterocycles. The van der Waals surface area contributed by atoms with Crippen molar-refractivity contribution >= 4 is 38.9 Å². The van der Waals surface area contributed by atoms with Gasteiger partial charge in [-0.05, 0) is 66.8 Å². The first-order valence-electron chi connectivity index (χ1n) is 13.6. The van der Waals surface area contributed by atoms with Gasteiger partial charge in [0.25, 0.3) is 5.91 Å². The van der Waals surface area contributed by atoms with Crippen molar-refractivity contribution in [1.82, 2.24) is 20.2 Å². The summed E-state index contributed by atoms with van der Waals surface area (Å²) in [5, 5.41) is 9.26. The molecule has 41 heavy (non-hydrogen) atoms. The monoisotopic (exact) mass is 568 g/mol. The molecule has 0 unspecified atom stereocenters. The number of aromatic nitrogens is 4. The summed E-state index contributed by atoms with van der Waals surface area (Å²) in [4.78, 5) is 28.3. The zero-order chi connectivity index (χ0) is 28.8. The SMILES string of the molecule is CCc1nc(CC(C)C)c(C(N)=O)c(-c2cc3ccnc(N=C4CCc5ccc(F)cc54)c3s2)c1-c1nnc(C)o1. The Balaban J connectivity index is 1.60. The second-order valence-electron chi connectivity index (χ2n) is 10.6. The summed E-state index contributed by atoms with van der Waals surface area (Å²) in [5.74, 6) is 0.654. The molecule has 10 heteroatoms. The minimum Gasteiger partial charge on any atom is -0.421 e. The van der Waals surface area contributed by atoms with E-state index in [4.69, 9.17) is 20.1 Å². The highest BCUT2D eigenvalue weighted by Crippen LogP contribution is 2.45. The summed E-state index contributed by atoms with van der Waals surface area (Å²) in [7, 11) is 0. The van der Waals surface area contributed by atoms with Crippen molar-refractivity contribution in [3.05, 3.63) is 76.3 Å². The number of carbonyl (C=O) groups is 1. The summed E-state index contributed by atoms with van der Waals surface area (Å²) < 4.78 is 20.8. The van der Waals surface area contributed by atoms with Crippen LogP contribution in [0.4, 0.5) is 10.2 Å². The van der Waals surface area contributed by atoms with Gasteiger partial charge in [-0.15, -0.1) is 21.5 Å². The second-order valence-corrected chi connectivity index (χ2v) is 11.6. The zero-order valence-corrected chi connectivity index (χ0v) is 24.1. The number of nitrogens with two attached hydrogens (primary N) is 1. The average Bonchev–Trinajstić information content (AvgIpc) is 3.66. The van der Waals surface area contributed by atoms with E-state index in [2.05, 4.69) is 29.0 Å². The molecule has 8 nitrogen and oxygen atoms in total. The normalized spacial score (nSPS) is 14.0. The third-order valence-corrected chi connectivity index (χ3v) is 8.35. The smallest absolute Gasteiger partial charge is 0.251 e. The molecule has 4 aromatic heterocycles. The van der Waals surface area contributed by atoms with E-state index in [1.54, 1.807) is 19.2 Å². The van der Waals surface area contributed by atoms with Crippen LogP contribution < -0.4 is 5.73 Å². The Labute approximate surface area is 240 Å². The van der Waals surface area contributed by atoms with E-state index in [1.165, 1.54) is 17.4 Å². The van der Waals surface area contributed by atoms with Crippen LogP contribution in [-0.4, -0.2) is 31.8 Å². The van der Waals surface area contributed by atoms with E-state index >= 15 is 0 Å². The minimum atomic E-state index is -0.566. The summed E-state index contributed by atoms with van der Waals surface area (Å²) in [5.41, 5.74) is 11.8. The number of primary amides is 1. The van der Waals surface area contributed by atoms with Crippen LogP contribution in [0.5, 0.6) is 0 Å². The Morgan fingerprint density at radius 1 is 1.15 bits per heavy atom. The van der Waals surface area contributed by atoms with Gasteiger partial charge in [-0.25, -0.2) is 14.4 Å². The van der Waals surface area contributed by atoms with Crippen LogP contribution in [0.15, 0.2) is 45.9 Å². The lowest BCUT2D eigenvalue weighted by Crippen LogP contribution is -2.19. The number of rotatable bonds is 7. The number of pyridine rings is 2. The molecular formula is C31H29FN6O2S. The molecule has 0 spiro atoms. The van der Waals surface area contributed by atoms with E-state index < -0.39 is 5.91 Å². The molecular weight excluding hydrogens is 539 g/mol. The number of nitrogens with zero attached hydrogens (tertiary/aromatic N) is 5. The fourth-order valence-corrected chi connectivity index (χ4v) is 6.59. The minimum absolute atomic E-state index is 0.253. The number of carbonyl (C=O) groups excluding carboxylic acids is 1. The quantitative estimate of drug-likeness (QED) is 0.231. The third kappa shape index (κ3) is 4.93. The van der Waals surface area contributed by atoms with Gasteiger partial charge in [-0.1, -0.05) is 26.8 Å². The van der Waals surface area contributed by atoms with Crippen LogP contribution in [0.2, 0.25) is 0 Å². The maximum absolute atomic E-state index is 14.0. The summed E-state index contributed by atoms with van der Waals surface area (Å²) >= 11 is 1.47. The largest absolute Gasteiger partial charge is 0.421 e. The first-order valence-corrected chi connectivity index (χ1v) is 14.5. The Kier molecular flexibility index (Phi) is 6.94. The van der Waals surface area contributed by atoms with Crippen molar-refractivity contribution in [2.24, 2.45) is 16.6 Å². The molecule has 208 valence electrons. The van der Waals surface area contributed by atoms with Gasteiger partial charge in [0.2, 0.25) is 11.8 Å². The molecule has 0 radical (unpaired) electrons. The number of amides is 1. The van der Waals surface area contributed by atoms with Crippen LogP contribution in [0.25, 0.3) is 32.0 Å². The molecule has 0 bridgehead atoms. The van der Waals surface area contributed by atoms with Crippen LogP contribution in [-0.2, 0) is 19.3 Å². The number of fused-ring (bicyclic) bond motifs is 2. The van der Waals surface area contributed by atoms with Gasteiger partial charge in [-0.3, -0.25) is 9.78 Å². The van der Waals surface area contributed by atoms with Crippen molar-refractivity contribution in [1.29, 1.82) is 0 Å². The van der Waals surface area contributed by atoms with Crippen LogP contribution in [0.1, 0.15) is 66.0 Å². The number of thiophene rings is 1. The van der Waals surface area contributed by atoms with Gasteiger partial charge in [0.1, 0.15) is 5.82 Å². The van der Waals surface area contributed by atoms with Crippen molar-refractivity contribution in [2.45, 2.75) is 53.4 Å². The van der Waals surface area contributed by atoms with Gasteiger partial charge in [0.15, 0.2) is 5.82 Å². The number of hydrogen-bond donors (Lipinski definition) is 1. The highest BCUT2D eigenvalue weighted by molar-refractivity contribution is 7.22. The zero-order valence-electron chi connectivity index (χ0n) is 23.3. The molecule has 0 saturated heterocycles. The Morgan fingerprint density at radius 2 is 1.98 bits per heavy atom. The highest BCUT2D eigenvalue weighted by Gasteiger charge is 2.29. The van der Waals surface area contributed by atoms with E-state index in [9.17, 15) is 9.18 Å². The van der Waals surface area contributed by atoms with Gasteiger partial charge in [0.05, 0.1) is 32.9 Å². The molecule has 5 aromatic rings. The third-order valence-electron chi connectivity index (χ3n) is 7.19.